The molecule has 1 N–H and O–H groups in total. The van der Waals surface area contributed by atoms with E-state index in [1.165, 1.54) is 51.7 Å². The van der Waals surface area contributed by atoms with Crippen LogP contribution in [0.1, 0.15) is 66.7 Å². The summed E-state index contributed by atoms with van der Waals surface area (Å²) >= 11 is 0. The van der Waals surface area contributed by atoms with Crippen molar-refractivity contribution in [2.75, 3.05) is 26.2 Å². The molecule has 4 unspecified atom stereocenters. The van der Waals surface area contributed by atoms with Gasteiger partial charge in [0.25, 0.3) is 0 Å². The zero-order valence-electron chi connectivity index (χ0n) is 15.1. The van der Waals surface area contributed by atoms with Crippen LogP contribution < -0.4 is 5.32 Å². The Bertz CT molecular complexity index is 313. The fourth-order valence-corrected chi connectivity index (χ4v) is 4.67. The average molecular weight is 295 g/mol. The molecule has 4 atom stereocenters. The summed E-state index contributed by atoms with van der Waals surface area (Å²) in [6, 6.07) is 0.741. The standard InChI is InChI=1S/C19H38N2/c1-6-20-18-13-15(2)12-16(3)17(18)14-21-10-7-8-19(4,5)9-11-21/h15-18,20H,6-14H2,1-5H3. The Morgan fingerprint density at radius 2 is 1.86 bits per heavy atom. The fourth-order valence-electron chi connectivity index (χ4n) is 4.67. The smallest absolute Gasteiger partial charge is 0.0112 e. The maximum Gasteiger partial charge on any atom is 0.0112 e. The van der Waals surface area contributed by atoms with Crippen LogP contribution >= 0.6 is 0 Å². The average Bonchev–Trinajstić information content (AvgIpc) is 2.55. The Morgan fingerprint density at radius 1 is 1.10 bits per heavy atom. The van der Waals surface area contributed by atoms with Crippen molar-refractivity contribution < 1.29 is 0 Å². The molecular formula is C19H38N2. The molecule has 0 radical (unpaired) electrons. The zero-order valence-corrected chi connectivity index (χ0v) is 15.1. The van der Waals surface area contributed by atoms with Gasteiger partial charge in [-0.05, 0) is 74.9 Å². The molecule has 2 rings (SSSR count). The monoisotopic (exact) mass is 294 g/mol. The molecule has 2 heteroatoms. The molecular weight excluding hydrogens is 256 g/mol. The molecule has 21 heavy (non-hydrogen) atoms. The predicted molar refractivity (Wildman–Crippen MR) is 92.6 cm³/mol. The first-order chi connectivity index (χ1) is 9.91. The van der Waals surface area contributed by atoms with Gasteiger partial charge in [-0.15, -0.1) is 0 Å². The van der Waals surface area contributed by atoms with Gasteiger partial charge in [0.2, 0.25) is 0 Å². The lowest BCUT2D eigenvalue weighted by Crippen LogP contribution is -2.49. The van der Waals surface area contributed by atoms with E-state index in [1.54, 1.807) is 0 Å². The highest BCUT2D eigenvalue weighted by Gasteiger charge is 2.35. The van der Waals surface area contributed by atoms with E-state index >= 15 is 0 Å². The van der Waals surface area contributed by atoms with Crippen molar-refractivity contribution >= 4 is 0 Å². The lowest BCUT2D eigenvalue weighted by Gasteiger charge is -2.42. The molecule has 124 valence electrons. The number of hydrogen-bond acceptors (Lipinski definition) is 2. The van der Waals surface area contributed by atoms with E-state index in [4.69, 9.17) is 0 Å². The van der Waals surface area contributed by atoms with E-state index in [-0.39, 0.29) is 0 Å². The van der Waals surface area contributed by atoms with Crippen LogP contribution in [0.15, 0.2) is 0 Å². The van der Waals surface area contributed by atoms with Crippen LogP contribution in [-0.2, 0) is 0 Å². The Morgan fingerprint density at radius 3 is 2.57 bits per heavy atom. The fraction of sp³-hybridized carbons (Fsp3) is 1.00. The summed E-state index contributed by atoms with van der Waals surface area (Å²) in [5.74, 6) is 2.61. The summed E-state index contributed by atoms with van der Waals surface area (Å²) in [6.07, 6.45) is 6.96. The van der Waals surface area contributed by atoms with E-state index in [1.807, 2.05) is 0 Å². The van der Waals surface area contributed by atoms with E-state index < -0.39 is 0 Å². The molecule has 1 saturated carbocycles. The zero-order chi connectivity index (χ0) is 15.5. The van der Waals surface area contributed by atoms with Gasteiger partial charge in [0.05, 0.1) is 0 Å². The van der Waals surface area contributed by atoms with Crippen LogP contribution in [0, 0.1) is 23.2 Å². The summed E-state index contributed by atoms with van der Waals surface area (Å²) in [5.41, 5.74) is 0.558. The van der Waals surface area contributed by atoms with Crippen LogP contribution in [0.2, 0.25) is 0 Å². The number of hydrogen-bond donors (Lipinski definition) is 1. The van der Waals surface area contributed by atoms with Gasteiger partial charge in [0.15, 0.2) is 0 Å². The van der Waals surface area contributed by atoms with Gasteiger partial charge >= 0.3 is 0 Å². The van der Waals surface area contributed by atoms with Crippen molar-refractivity contribution in [3.8, 4) is 0 Å². The number of likely N-dealkylation sites (tertiary alicyclic amines) is 1. The van der Waals surface area contributed by atoms with Crippen molar-refractivity contribution in [1.29, 1.82) is 0 Å². The van der Waals surface area contributed by atoms with Gasteiger partial charge < -0.3 is 10.2 Å². The largest absolute Gasteiger partial charge is 0.314 e. The molecule has 0 bridgehead atoms. The van der Waals surface area contributed by atoms with E-state index in [9.17, 15) is 0 Å². The number of nitrogens with zero attached hydrogens (tertiary/aromatic N) is 1. The van der Waals surface area contributed by atoms with Crippen molar-refractivity contribution in [2.24, 2.45) is 23.2 Å². The first-order valence-corrected chi connectivity index (χ1v) is 9.37. The van der Waals surface area contributed by atoms with Crippen molar-refractivity contribution in [1.82, 2.24) is 10.2 Å². The summed E-state index contributed by atoms with van der Waals surface area (Å²) in [7, 11) is 0. The Hall–Kier alpha value is -0.0800. The summed E-state index contributed by atoms with van der Waals surface area (Å²) < 4.78 is 0. The molecule has 0 aromatic rings. The summed E-state index contributed by atoms with van der Waals surface area (Å²) in [4.78, 5) is 2.77. The van der Waals surface area contributed by atoms with Gasteiger partial charge in [0, 0.05) is 12.6 Å². The first-order valence-electron chi connectivity index (χ1n) is 9.37. The van der Waals surface area contributed by atoms with Crippen molar-refractivity contribution in [3.63, 3.8) is 0 Å². The topological polar surface area (TPSA) is 15.3 Å². The third-order valence-corrected chi connectivity index (χ3v) is 6.05. The second-order valence-corrected chi connectivity index (χ2v) is 8.70. The van der Waals surface area contributed by atoms with Gasteiger partial charge in [-0.25, -0.2) is 0 Å². The number of rotatable bonds is 4. The van der Waals surface area contributed by atoms with Crippen LogP contribution in [0.5, 0.6) is 0 Å². The Kier molecular flexibility index (Phi) is 6.14. The molecule has 0 aromatic carbocycles. The Balaban J connectivity index is 1.95. The van der Waals surface area contributed by atoms with Crippen LogP contribution in [-0.4, -0.2) is 37.1 Å². The highest BCUT2D eigenvalue weighted by atomic mass is 15.1. The van der Waals surface area contributed by atoms with Crippen LogP contribution in [0.25, 0.3) is 0 Å². The van der Waals surface area contributed by atoms with Gasteiger partial charge in [-0.2, -0.15) is 0 Å². The molecule has 2 nitrogen and oxygen atoms in total. The second kappa shape index (κ2) is 7.46. The first kappa shape index (κ1) is 17.3. The highest BCUT2D eigenvalue weighted by molar-refractivity contribution is 4.90. The van der Waals surface area contributed by atoms with Gasteiger partial charge in [0.1, 0.15) is 0 Å². The molecule has 1 aliphatic carbocycles. The minimum Gasteiger partial charge on any atom is -0.314 e. The van der Waals surface area contributed by atoms with Gasteiger partial charge in [-0.1, -0.05) is 34.6 Å². The third-order valence-electron chi connectivity index (χ3n) is 6.05. The molecule has 1 heterocycles. The molecule has 1 saturated heterocycles. The van der Waals surface area contributed by atoms with E-state index in [2.05, 4.69) is 44.8 Å². The quantitative estimate of drug-likeness (QED) is 0.837. The van der Waals surface area contributed by atoms with Gasteiger partial charge in [-0.3, -0.25) is 0 Å². The SMILES string of the molecule is CCNC1CC(C)CC(C)C1CN1CCCC(C)(C)CC1. The minimum absolute atomic E-state index is 0.558. The van der Waals surface area contributed by atoms with Crippen molar-refractivity contribution in [3.05, 3.63) is 0 Å². The molecule has 0 spiro atoms. The van der Waals surface area contributed by atoms with E-state index in [0.29, 0.717) is 5.41 Å². The Labute approximate surface area is 133 Å². The van der Waals surface area contributed by atoms with E-state index in [0.717, 1.165) is 30.3 Å². The summed E-state index contributed by atoms with van der Waals surface area (Å²) in [5, 5.41) is 3.79. The minimum atomic E-state index is 0.558. The maximum atomic E-state index is 3.79. The normalized spacial score (nSPS) is 38.1. The molecule has 2 aliphatic rings. The van der Waals surface area contributed by atoms with Crippen LogP contribution in [0.4, 0.5) is 0 Å². The molecule has 2 fully saturated rings. The lowest BCUT2D eigenvalue weighted by molar-refractivity contribution is 0.102. The number of nitrogens with one attached hydrogen (secondary N) is 1. The molecule has 1 aliphatic heterocycles. The third kappa shape index (κ3) is 4.96. The highest BCUT2D eigenvalue weighted by Crippen LogP contribution is 2.36. The molecule has 0 aromatic heterocycles. The second-order valence-electron chi connectivity index (χ2n) is 8.70. The maximum absolute atomic E-state index is 3.79. The lowest BCUT2D eigenvalue weighted by atomic mass is 9.72. The predicted octanol–water partition coefficient (Wildman–Crippen LogP) is 4.16. The summed E-state index contributed by atoms with van der Waals surface area (Å²) in [6.45, 7) is 17.2. The van der Waals surface area contributed by atoms with Crippen molar-refractivity contribution in [2.45, 2.75) is 72.8 Å². The van der Waals surface area contributed by atoms with Crippen LogP contribution in [0.3, 0.4) is 0 Å². The molecule has 0 amide bonds.